The summed E-state index contributed by atoms with van der Waals surface area (Å²) in [6.45, 7) is 3.88. The molecule has 5 nitrogen and oxygen atoms in total. The molecular formula is C17H21NO4. The lowest BCUT2D eigenvalue weighted by atomic mass is 10.0. The number of ether oxygens (including phenoxy) is 1. The van der Waals surface area contributed by atoms with Crippen molar-refractivity contribution in [3.05, 3.63) is 48.0 Å². The second-order valence-electron chi connectivity index (χ2n) is 5.28. The summed E-state index contributed by atoms with van der Waals surface area (Å²) in [6.07, 6.45) is 2.79. The fourth-order valence-electron chi connectivity index (χ4n) is 1.90. The molecule has 0 bridgehead atoms. The maximum Gasteiger partial charge on any atom is 0.328 e. The van der Waals surface area contributed by atoms with E-state index in [1.807, 2.05) is 13.8 Å². The summed E-state index contributed by atoms with van der Waals surface area (Å²) in [5, 5.41) is 2.55. The van der Waals surface area contributed by atoms with Crippen molar-refractivity contribution >= 4 is 17.7 Å². The predicted octanol–water partition coefficient (Wildman–Crippen LogP) is 2.13. The standard InChI is InChI=1S/C17H21NO4/c1-12(2)11-14(17(21)22-3)18-16(20)10-9-15(19)13-7-5-4-6-8-13/h4-10,12,14H,11H2,1-3H3,(H,18,20)/b10-9+/t14-/m0/s1. The van der Waals surface area contributed by atoms with Gasteiger partial charge in [0.05, 0.1) is 7.11 Å². The number of ketones is 1. The Labute approximate surface area is 130 Å². The SMILES string of the molecule is COC(=O)[C@H](CC(C)C)NC(=O)/C=C/C(=O)c1ccccc1. The van der Waals surface area contributed by atoms with Crippen LogP contribution < -0.4 is 5.32 Å². The highest BCUT2D eigenvalue weighted by molar-refractivity contribution is 6.07. The van der Waals surface area contributed by atoms with Gasteiger partial charge in [0, 0.05) is 11.6 Å². The molecule has 1 amide bonds. The molecule has 0 radical (unpaired) electrons. The number of hydrogen-bond donors (Lipinski definition) is 1. The first-order valence-electron chi connectivity index (χ1n) is 7.09. The Morgan fingerprint density at radius 2 is 1.77 bits per heavy atom. The minimum absolute atomic E-state index is 0.222. The van der Waals surface area contributed by atoms with Gasteiger partial charge in [0.25, 0.3) is 0 Å². The van der Waals surface area contributed by atoms with Crippen LogP contribution in [-0.2, 0) is 14.3 Å². The molecule has 1 atom stereocenters. The number of amides is 1. The summed E-state index contributed by atoms with van der Waals surface area (Å²) in [6, 6.07) is 7.92. The Bertz CT molecular complexity index is 549. The molecule has 0 aromatic heterocycles. The number of nitrogens with one attached hydrogen (secondary N) is 1. The smallest absolute Gasteiger partial charge is 0.328 e. The fraction of sp³-hybridized carbons (Fsp3) is 0.353. The topological polar surface area (TPSA) is 72.5 Å². The van der Waals surface area contributed by atoms with Crippen LogP contribution in [0.15, 0.2) is 42.5 Å². The Balaban J connectivity index is 2.65. The quantitative estimate of drug-likeness (QED) is 0.476. The molecule has 0 aliphatic heterocycles. The van der Waals surface area contributed by atoms with E-state index < -0.39 is 17.9 Å². The molecular weight excluding hydrogens is 282 g/mol. The number of methoxy groups -OCH3 is 1. The number of esters is 1. The van der Waals surface area contributed by atoms with Crippen LogP contribution in [0, 0.1) is 5.92 Å². The van der Waals surface area contributed by atoms with Gasteiger partial charge in [-0.1, -0.05) is 44.2 Å². The molecule has 1 rings (SSSR count). The lowest BCUT2D eigenvalue weighted by Crippen LogP contribution is -2.41. The van der Waals surface area contributed by atoms with Gasteiger partial charge in [0.2, 0.25) is 5.91 Å². The number of carbonyl (C=O) groups is 3. The average Bonchev–Trinajstić information content (AvgIpc) is 2.51. The zero-order chi connectivity index (χ0) is 16.5. The van der Waals surface area contributed by atoms with Gasteiger partial charge in [0.1, 0.15) is 6.04 Å². The molecule has 118 valence electrons. The van der Waals surface area contributed by atoms with Crippen molar-refractivity contribution in [3.63, 3.8) is 0 Å². The molecule has 0 fully saturated rings. The Morgan fingerprint density at radius 1 is 1.14 bits per heavy atom. The second kappa shape index (κ2) is 8.77. The van der Waals surface area contributed by atoms with E-state index in [9.17, 15) is 14.4 Å². The molecule has 0 aliphatic carbocycles. The third-order valence-electron chi connectivity index (χ3n) is 2.95. The lowest BCUT2D eigenvalue weighted by molar-refractivity contribution is -0.145. The molecule has 0 saturated carbocycles. The van der Waals surface area contributed by atoms with Crippen molar-refractivity contribution in [2.75, 3.05) is 7.11 Å². The van der Waals surface area contributed by atoms with Crippen LogP contribution in [-0.4, -0.2) is 30.8 Å². The average molecular weight is 303 g/mol. The highest BCUT2D eigenvalue weighted by Crippen LogP contribution is 2.06. The van der Waals surface area contributed by atoms with Crippen molar-refractivity contribution in [1.82, 2.24) is 5.32 Å². The zero-order valence-corrected chi connectivity index (χ0v) is 13.0. The van der Waals surface area contributed by atoms with E-state index in [4.69, 9.17) is 0 Å². The van der Waals surface area contributed by atoms with Crippen molar-refractivity contribution in [1.29, 1.82) is 0 Å². The van der Waals surface area contributed by atoms with Crippen molar-refractivity contribution in [2.24, 2.45) is 5.92 Å². The van der Waals surface area contributed by atoms with Crippen LogP contribution in [0.4, 0.5) is 0 Å². The van der Waals surface area contributed by atoms with Crippen LogP contribution in [0.3, 0.4) is 0 Å². The lowest BCUT2D eigenvalue weighted by Gasteiger charge is -2.17. The molecule has 0 saturated heterocycles. The van der Waals surface area contributed by atoms with Gasteiger partial charge in [-0.3, -0.25) is 9.59 Å². The van der Waals surface area contributed by atoms with Gasteiger partial charge in [-0.25, -0.2) is 4.79 Å². The highest BCUT2D eigenvalue weighted by atomic mass is 16.5. The molecule has 5 heteroatoms. The molecule has 22 heavy (non-hydrogen) atoms. The Morgan fingerprint density at radius 3 is 2.32 bits per heavy atom. The third-order valence-corrected chi connectivity index (χ3v) is 2.95. The van der Waals surface area contributed by atoms with Gasteiger partial charge in [0.15, 0.2) is 5.78 Å². The van der Waals surface area contributed by atoms with Gasteiger partial charge >= 0.3 is 5.97 Å². The number of rotatable bonds is 7. The molecule has 0 unspecified atom stereocenters. The maximum atomic E-state index is 11.8. The molecule has 0 spiro atoms. The minimum Gasteiger partial charge on any atom is -0.467 e. The highest BCUT2D eigenvalue weighted by Gasteiger charge is 2.21. The summed E-state index contributed by atoms with van der Waals surface area (Å²) in [4.78, 5) is 35.3. The van der Waals surface area contributed by atoms with Crippen LogP contribution in [0.1, 0.15) is 30.6 Å². The van der Waals surface area contributed by atoms with E-state index in [1.54, 1.807) is 30.3 Å². The van der Waals surface area contributed by atoms with E-state index >= 15 is 0 Å². The monoisotopic (exact) mass is 303 g/mol. The first kappa shape index (κ1) is 17.6. The van der Waals surface area contributed by atoms with E-state index in [1.165, 1.54) is 13.2 Å². The molecule has 0 aliphatic rings. The van der Waals surface area contributed by atoms with Crippen LogP contribution in [0.5, 0.6) is 0 Å². The Hall–Kier alpha value is -2.43. The Kier molecular flexibility index (Phi) is 7.02. The largest absolute Gasteiger partial charge is 0.467 e. The minimum atomic E-state index is -0.714. The molecule has 0 heterocycles. The number of benzene rings is 1. The van der Waals surface area contributed by atoms with Gasteiger partial charge in [-0.15, -0.1) is 0 Å². The summed E-state index contributed by atoms with van der Waals surface area (Å²) in [5.41, 5.74) is 0.498. The van der Waals surface area contributed by atoms with E-state index in [-0.39, 0.29) is 11.7 Å². The van der Waals surface area contributed by atoms with Gasteiger partial charge in [-0.05, 0) is 18.4 Å². The first-order valence-corrected chi connectivity index (χ1v) is 7.09. The normalized spacial score (nSPS) is 12.2. The first-order chi connectivity index (χ1) is 10.4. The van der Waals surface area contributed by atoms with Crippen LogP contribution in [0.25, 0.3) is 0 Å². The molecule has 1 aromatic carbocycles. The van der Waals surface area contributed by atoms with E-state index in [2.05, 4.69) is 10.1 Å². The summed E-state index contributed by atoms with van der Waals surface area (Å²) >= 11 is 0. The van der Waals surface area contributed by atoms with Crippen molar-refractivity contribution < 1.29 is 19.1 Å². The number of allylic oxidation sites excluding steroid dienone is 1. The zero-order valence-electron chi connectivity index (χ0n) is 13.0. The van der Waals surface area contributed by atoms with Crippen molar-refractivity contribution in [2.45, 2.75) is 26.3 Å². The predicted molar refractivity (Wildman–Crippen MR) is 83.3 cm³/mol. The number of carbonyl (C=O) groups excluding carboxylic acids is 3. The van der Waals surface area contributed by atoms with E-state index in [0.29, 0.717) is 12.0 Å². The van der Waals surface area contributed by atoms with Gasteiger partial charge < -0.3 is 10.1 Å². The summed E-state index contributed by atoms with van der Waals surface area (Å²) in [5.74, 6) is -1.04. The third kappa shape index (κ3) is 5.91. The summed E-state index contributed by atoms with van der Waals surface area (Å²) < 4.78 is 4.66. The molecule has 1 aromatic rings. The van der Waals surface area contributed by atoms with Gasteiger partial charge in [-0.2, -0.15) is 0 Å². The molecule has 1 N–H and O–H groups in total. The van der Waals surface area contributed by atoms with E-state index in [0.717, 1.165) is 6.08 Å². The summed E-state index contributed by atoms with van der Waals surface area (Å²) in [7, 11) is 1.27. The fourth-order valence-corrected chi connectivity index (χ4v) is 1.90. The van der Waals surface area contributed by atoms with Crippen LogP contribution >= 0.6 is 0 Å². The van der Waals surface area contributed by atoms with Crippen molar-refractivity contribution in [3.8, 4) is 0 Å². The second-order valence-corrected chi connectivity index (χ2v) is 5.28. The van der Waals surface area contributed by atoms with Crippen LogP contribution in [0.2, 0.25) is 0 Å². The maximum absolute atomic E-state index is 11.8. The number of hydrogen-bond acceptors (Lipinski definition) is 4.